The summed E-state index contributed by atoms with van der Waals surface area (Å²) in [6, 6.07) is 13.1. The number of phenols is 1. The van der Waals surface area contributed by atoms with E-state index in [1.807, 2.05) is 12.1 Å². The first kappa shape index (κ1) is 18.3. The van der Waals surface area contributed by atoms with Crippen LogP contribution in [0.1, 0.15) is 26.7 Å². The predicted molar refractivity (Wildman–Crippen MR) is 107 cm³/mol. The molecule has 0 aliphatic carbocycles. The molecule has 3 rings (SSSR count). The van der Waals surface area contributed by atoms with E-state index in [1.54, 1.807) is 18.3 Å². The van der Waals surface area contributed by atoms with Gasteiger partial charge in [0.1, 0.15) is 0 Å². The number of ether oxygens (including phenoxy) is 1. The Morgan fingerprint density at radius 2 is 1.96 bits per heavy atom. The van der Waals surface area contributed by atoms with Crippen LogP contribution in [-0.2, 0) is 0 Å². The number of halogens is 1. The minimum absolute atomic E-state index is 0.0511. The number of nitrogens with zero attached hydrogens (tertiary/aromatic N) is 1. The summed E-state index contributed by atoms with van der Waals surface area (Å²) >= 11 is 6.14. The molecule has 0 atom stereocenters. The molecular weight excluding hydrogens is 348 g/mol. The third-order valence-corrected chi connectivity index (χ3v) is 4.88. The maximum atomic E-state index is 9.96. The normalized spacial score (nSPS) is 11.1. The maximum Gasteiger partial charge on any atom is 0.176 e. The van der Waals surface area contributed by atoms with Crippen molar-refractivity contribution in [3.8, 4) is 22.6 Å². The van der Waals surface area contributed by atoms with Crippen LogP contribution in [0.2, 0.25) is 5.02 Å². The Balaban J connectivity index is 2.10. The van der Waals surface area contributed by atoms with Crippen molar-refractivity contribution in [1.82, 2.24) is 4.98 Å². The van der Waals surface area contributed by atoms with Gasteiger partial charge in [0.05, 0.1) is 23.3 Å². The van der Waals surface area contributed by atoms with Crippen molar-refractivity contribution in [2.75, 3.05) is 12.4 Å². The standard InChI is InChI=1S/C21H22ClN2O2/c1-4-15(5-2)24-19-8-9-23-18-7-6-13(10-16(18)19)14-11-17(22)21(25)20(12-14)26-3/h6-7,9-12,15,25H,4-5H2,1-3H3,(H,23,24). The van der Waals surface area contributed by atoms with Crippen LogP contribution in [0.3, 0.4) is 0 Å². The minimum Gasteiger partial charge on any atom is -0.503 e. The molecule has 1 heterocycles. The Morgan fingerprint density at radius 3 is 2.65 bits per heavy atom. The van der Waals surface area contributed by atoms with Crippen LogP contribution >= 0.6 is 11.6 Å². The molecule has 0 saturated carbocycles. The minimum atomic E-state index is -0.0511. The molecule has 0 spiro atoms. The number of hydrogen-bond donors (Lipinski definition) is 2. The average molecular weight is 370 g/mol. The molecule has 4 nitrogen and oxygen atoms in total. The number of pyridine rings is 1. The Morgan fingerprint density at radius 1 is 1.19 bits per heavy atom. The topological polar surface area (TPSA) is 54.4 Å². The largest absolute Gasteiger partial charge is 0.503 e. The first-order valence-corrected chi connectivity index (χ1v) is 9.09. The second-order valence-corrected chi connectivity index (χ2v) is 6.58. The molecule has 0 saturated heterocycles. The van der Waals surface area contributed by atoms with Crippen molar-refractivity contribution in [2.24, 2.45) is 0 Å². The second kappa shape index (κ2) is 7.83. The van der Waals surface area contributed by atoms with E-state index in [1.165, 1.54) is 7.11 Å². The number of methoxy groups -OCH3 is 1. The molecule has 2 aromatic carbocycles. The van der Waals surface area contributed by atoms with Gasteiger partial charge < -0.3 is 15.2 Å². The molecule has 1 aromatic heterocycles. The number of phenolic OH excluding ortho intramolecular Hbond substituents is 1. The average Bonchev–Trinajstić information content (AvgIpc) is 2.67. The number of nitrogens with one attached hydrogen (secondary N) is 1. The van der Waals surface area contributed by atoms with E-state index in [0.717, 1.165) is 40.6 Å². The summed E-state index contributed by atoms with van der Waals surface area (Å²) in [6.07, 6.45) is 3.78. The maximum absolute atomic E-state index is 9.96. The lowest BCUT2D eigenvalue weighted by molar-refractivity contribution is 0.374. The highest BCUT2D eigenvalue weighted by molar-refractivity contribution is 6.32. The number of hydrogen-bond acceptors (Lipinski definition) is 4. The predicted octanol–water partition coefficient (Wildman–Crippen LogP) is 5.67. The van der Waals surface area contributed by atoms with Crippen molar-refractivity contribution in [2.45, 2.75) is 32.7 Å². The molecule has 3 aromatic rings. The molecule has 0 amide bonds. The van der Waals surface area contributed by atoms with E-state index in [-0.39, 0.29) is 10.8 Å². The summed E-state index contributed by atoms with van der Waals surface area (Å²) in [5, 5.41) is 14.8. The van der Waals surface area contributed by atoms with Gasteiger partial charge in [-0.05, 0) is 48.2 Å². The summed E-state index contributed by atoms with van der Waals surface area (Å²) in [5.74, 6) is 0.297. The van der Waals surface area contributed by atoms with Crippen LogP contribution in [0.15, 0.2) is 36.5 Å². The van der Waals surface area contributed by atoms with Gasteiger partial charge in [-0.25, -0.2) is 0 Å². The smallest absolute Gasteiger partial charge is 0.176 e. The molecule has 0 bridgehead atoms. The summed E-state index contributed by atoms with van der Waals surface area (Å²) in [6.45, 7) is 4.33. The first-order chi connectivity index (χ1) is 12.6. The van der Waals surface area contributed by atoms with E-state index in [2.05, 4.69) is 36.3 Å². The zero-order chi connectivity index (χ0) is 18.7. The Labute approximate surface area is 158 Å². The summed E-state index contributed by atoms with van der Waals surface area (Å²) < 4.78 is 5.22. The number of benzene rings is 2. The molecule has 135 valence electrons. The van der Waals surface area contributed by atoms with Gasteiger partial charge in [0.25, 0.3) is 0 Å². The van der Waals surface area contributed by atoms with E-state index < -0.39 is 0 Å². The van der Waals surface area contributed by atoms with Crippen LogP contribution < -0.4 is 10.1 Å². The second-order valence-electron chi connectivity index (χ2n) is 6.18. The molecular formula is C21H22ClN2O2. The van der Waals surface area contributed by atoms with Gasteiger partial charge >= 0.3 is 0 Å². The first-order valence-electron chi connectivity index (χ1n) is 8.71. The fraction of sp³-hybridized carbons (Fsp3) is 0.286. The summed E-state index contributed by atoms with van der Waals surface area (Å²) in [7, 11) is 1.51. The van der Waals surface area contributed by atoms with Crippen molar-refractivity contribution in [1.29, 1.82) is 0 Å². The van der Waals surface area contributed by atoms with Gasteiger partial charge in [-0.1, -0.05) is 31.5 Å². The van der Waals surface area contributed by atoms with Crippen LogP contribution in [0.5, 0.6) is 11.5 Å². The Hall–Kier alpha value is -2.46. The highest BCUT2D eigenvalue weighted by Crippen LogP contribution is 2.39. The van der Waals surface area contributed by atoms with E-state index in [0.29, 0.717) is 11.8 Å². The Kier molecular flexibility index (Phi) is 5.52. The number of aromatic hydroxyl groups is 1. The molecule has 1 radical (unpaired) electrons. The monoisotopic (exact) mass is 369 g/mol. The number of aromatic nitrogens is 1. The van der Waals surface area contributed by atoms with E-state index in [4.69, 9.17) is 16.3 Å². The summed E-state index contributed by atoms with van der Waals surface area (Å²) in [4.78, 5) is 4.41. The highest BCUT2D eigenvalue weighted by atomic mass is 35.5. The lowest BCUT2D eigenvalue weighted by Crippen LogP contribution is -2.17. The van der Waals surface area contributed by atoms with Gasteiger partial charge in [0.15, 0.2) is 11.5 Å². The highest BCUT2D eigenvalue weighted by Gasteiger charge is 2.12. The number of anilines is 1. The molecule has 0 fully saturated rings. The SMILES string of the molecule is CCC(CC)Nc1[c]cnc2ccc(-c3cc(Cl)c(O)c(OC)c3)cc12. The van der Waals surface area contributed by atoms with Crippen molar-refractivity contribution in [3.63, 3.8) is 0 Å². The molecule has 0 aliphatic heterocycles. The van der Waals surface area contributed by atoms with Gasteiger partial charge in [0, 0.05) is 23.7 Å². The van der Waals surface area contributed by atoms with Crippen molar-refractivity contribution >= 4 is 28.2 Å². The molecule has 5 heteroatoms. The van der Waals surface area contributed by atoms with Gasteiger partial charge in [-0.3, -0.25) is 4.98 Å². The van der Waals surface area contributed by atoms with Gasteiger partial charge in [-0.15, -0.1) is 0 Å². The zero-order valence-electron chi connectivity index (χ0n) is 15.1. The lowest BCUT2D eigenvalue weighted by atomic mass is 10.0. The van der Waals surface area contributed by atoms with E-state index >= 15 is 0 Å². The lowest BCUT2D eigenvalue weighted by Gasteiger charge is -2.18. The van der Waals surface area contributed by atoms with Crippen LogP contribution in [-0.4, -0.2) is 23.2 Å². The molecule has 0 aliphatic rings. The van der Waals surface area contributed by atoms with Gasteiger partial charge in [0.2, 0.25) is 0 Å². The zero-order valence-corrected chi connectivity index (χ0v) is 15.9. The number of fused-ring (bicyclic) bond motifs is 1. The summed E-state index contributed by atoms with van der Waals surface area (Å²) in [5.41, 5.74) is 3.68. The molecule has 2 N–H and O–H groups in total. The fourth-order valence-electron chi connectivity index (χ4n) is 2.98. The van der Waals surface area contributed by atoms with Crippen LogP contribution in [0.4, 0.5) is 5.69 Å². The van der Waals surface area contributed by atoms with Crippen molar-refractivity contribution in [3.05, 3.63) is 47.6 Å². The van der Waals surface area contributed by atoms with Crippen LogP contribution in [0.25, 0.3) is 22.0 Å². The Bertz CT molecular complexity index is 923. The van der Waals surface area contributed by atoms with Crippen LogP contribution in [0, 0.1) is 6.07 Å². The van der Waals surface area contributed by atoms with Crippen molar-refractivity contribution < 1.29 is 9.84 Å². The molecule has 0 unspecified atom stereocenters. The molecule has 26 heavy (non-hydrogen) atoms. The quantitative estimate of drug-likeness (QED) is 0.587. The number of rotatable bonds is 6. The third kappa shape index (κ3) is 3.56. The fourth-order valence-corrected chi connectivity index (χ4v) is 3.20. The van der Waals surface area contributed by atoms with E-state index in [9.17, 15) is 5.11 Å². The van der Waals surface area contributed by atoms with Gasteiger partial charge in [-0.2, -0.15) is 0 Å². The third-order valence-electron chi connectivity index (χ3n) is 4.59.